The van der Waals surface area contributed by atoms with Crippen molar-refractivity contribution in [1.82, 2.24) is 14.8 Å². The summed E-state index contributed by atoms with van der Waals surface area (Å²) in [5, 5.41) is 12.2. The van der Waals surface area contributed by atoms with Crippen molar-refractivity contribution >= 4 is 33.2 Å². The van der Waals surface area contributed by atoms with Crippen molar-refractivity contribution in [3.8, 4) is 11.5 Å². The van der Waals surface area contributed by atoms with Gasteiger partial charge in [0, 0.05) is 43.8 Å². The molecule has 0 amide bonds. The van der Waals surface area contributed by atoms with Crippen LogP contribution in [0.2, 0.25) is 5.02 Å². The fourth-order valence-electron chi connectivity index (χ4n) is 4.01. The van der Waals surface area contributed by atoms with Crippen molar-refractivity contribution in [3.63, 3.8) is 0 Å². The van der Waals surface area contributed by atoms with Gasteiger partial charge in [0.1, 0.15) is 24.2 Å². The lowest BCUT2D eigenvalue weighted by atomic mass is 10.2. The molecule has 0 radical (unpaired) electrons. The lowest BCUT2D eigenvalue weighted by Crippen LogP contribution is -2.49. The molecule has 0 aliphatic carbocycles. The second kappa shape index (κ2) is 12.0. The SMILES string of the molecule is Cc1nc2cc(OC[C@H](O)CN3CCN(CCCCOc4ccc(Cl)cc4)CC3)ccc2s1. The average Bonchev–Trinajstić information content (AvgIpc) is 3.19. The first-order valence-corrected chi connectivity index (χ1v) is 12.8. The van der Waals surface area contributed by atoms with Gasteiger partial charge in [-0.25, -0.2) is 4.98 Å². The van der Waals surface area contributed by atoms with Crippen molar-refractivity contribution in [3.05, 3.63) is 52.5 Å². The van der Waals surface area contributed by atoms with Crippen molar-refractivity contribution in [1.29, 1.82) is 0 Å². The van der Waals surface area contributed by atoms with E-state index in [2.05, 4.69) is 14.8 Å². The monoisotopic (exact) mass is 489 g/mol. The number of aryl methyl sites for hydroxylation is 1. The smallest absolute Gasteiger partial charge is 0.121 e. The molecule has 3 aromatic rings. The number of aliphatic hydroxyl groups is 1. The summed E-state index contributed by atoms with van der Waals surface area (Å²) in [7, 11) is 0. The second-order valence-electron chi connectivity index (χ2n) is 8.48. The van der Waals surface area contributed by atoms with Crippen LogP contribution in [-0.4, -0.2) is 78.5 Å². The third-order valence-corrected chi connectivity index (χ3v) is 7.00. The number of rotatable bonds is 11. The zero-order valence-electron chi connectivity index (χ0n) is 19.1. The van der Waals surface area contributed by atoms with Gasteiger partial charge in [0.15, 0.2) is 0 Å². The van der Waals surface area contributed by atoms with Crippen LogP contribution in [0.25, 0.3) is 10.2 Å². The summed E-state index contributed by atoms with van der Waals surface area (Å²) in [4.78, 5) is 9.31. The van der Waals surface area contributed by atoms with Crippen LogP contribution in [0.5, 0.6) is 11.5 Å². The van der Waals surface area contributed by atoms with E-state index in [1.54, 1.807) is 11.3 Å². The highest BCUT2D eigenvalue weighted by Gasteiger charge is 2.19. The topological polar surface area (TPSA) is 58.1 Å². The number of benzene rings is 2. The molecule has 2 aromatic carbocycles. The van der Waals surface area contributed by atoms with E-state index in [4.69, 9.17) is 21.1 Å². The van der Waals surface area contributed by atoms with Crippen LogP contribution in [0.4, 0.5) is 0 Å². The van der Waals surface area contributed by atoms with Crippen LogP contribution >= 0.6 is 22.9 Å². The number of fused-ring (bicyclic) bond motifs is 1. The standard InChI is InChI=1S/C25H32ClN3O3S/c1-19-27-24-16-23(8-9-25(24)33-19)32-18-21(30)17-29-13-11-28(12-14-29)10-2-3-15-31-22-6-4-20(26)5-7-22/h4-9,16,21,30H,2-3,10-15,17-18H2,1H3/t21-/m1/s1. The third kappa shape index (κ3) is 7.55. The zero-order chi connectivity index (χ0) is 23.0. The summed E-state index contributed by atoms with van der Waals surface area (Å²) in [6.45, 7) is 8.77. The molecule has 0 spiro atoms. The predicted molar refractivity (Wildman–Crippen MR) is 135 cm³/mol. The Morgan fingerprint density at radius 2 is 1.73 bits per heavy atom. The molecule has 0 saturated carbocycles. The number of piperazine rings is 1. The van der Waals surface area contributed by atoms with Gasteiger partial charge in [0.2, 0.25) is 0 Å². The normalized spacial score (nSPS) is 16.2. The van der Waals surface area contributed by atoms with E-state index >= 15 is 0 Å². The van der Waals surface area contributed by atoms with Crippen LogP contribution in [-0.2, 0) is 0 Å². The number of hydrogen-bond donors (Lipinski definition) is 1. The van der Waals surface area contributed by atoms with E-state index in [0.717, 1.165) is 83.9 Å². The fourth-order valence-corrected chi connectivity index (χ4v) is 4.94. The molecule has 0 unspecified atom stereocenters. The molecule has 1 fully saturated rings. The molecule has 2 heterocycles. The Morgan fingerprint density at radius 1 is 1.00 bits per heavy atom. The molecule has 1 aliphatic rings. The van der Waals surface area contributed by atoms with Gasteiger partial charge in [-0.3, -0.25) is 4.90 Å². The third-order valence-electron chi connectivity index (χ3n) is 5.79. The largest absolute Gasteiger partial charge is 0.494 e. The lowest BCUT2D eigenvalue weighted by molar-refractivity contribution is 0.0456. The van der Waals surface area contributed by atoms with Gasteiger partial charge in [-0.05, 0) is 62.7 Å². The molecule has 1 saturated heterocycles. The second-order valence-corrected chi connectivity index (χ2v) is 10.2. The van der Waals surface area contributed by atoms with Crippen LogP contribution in [0, 0.1) is 6.92 Å². The molecule has 8 heteroatoms. The number of aliphatic hydroxyl groups excluding tert-OH is 1. The first kappa shape index (κ1) is 24.2. The first-order chi connectivity index (χ1) is 16.0. The highest BCUT2D eigenvalue weighted by molar-refractivity contribution is 7.18. The Morgan fingerprint density at radius 3 is 2.52 bits per heavy atom. The van der Waals surface area contributed by atoms with E-state index < -0.39 is 6.10 Å². The van der Waals surface area contributed by atoms with Crippen LogP contribution < -0.4 is 9.47 Å². The minimum atomic E-state index is -0.505. The molecule has 1 aliphatic heterocycles. The van der Waals surface area contributed by atoms with E-state index in [1.807, 2.05) is 49.4 Å². The summed E-state index contributed by atoms with van der Waals surface area (Å²) < 4.78 is 12.7. The van der Waals surface area contributed by atoms with Gasteiger partial charge in [0.05, 0.1) is 21.8 Å². The Bertz CT molecular complexity index is 1010. The molecule has 1 N–H and O–H groups in total. The van der Waals surface area contributed by atoms with E-state index in [-0.39, 0.29) is 0 Å². The van der Waals surface area contributed by atoms with Gasteiger partial charge in [-0.15, -0.1) is 11.3 Å². The summed E-state index contributed by atoms with van der Waals surface area (Å²) in [5.41, 5.74) is 0.956. The molecule has 178 valence electrons. The lowest BCUT2D eigenvalue weighted by Gasteiger charge is -2.35. The highest BCUT2D eigenvalue weighted by atomic mass is 35.5. The number of thiazole rings is 1. The predicted octanol–water partition coefficient (Wildman–Crippen LogP) is 4.47. The number of ether oxygens (including phenoxy) is 2. The quantitative estimate of drug-likeness (QED) is 0.401. The summed E-state index contributed by atoms with van der Waals surface area (Å²) in [6.07, 6.45) is 1.65. The summed E-state index contributed by atoms with van der Waals surface area (Å²) in [6, 6.07) is 13.4. The van der Waals surface area contributed by atoms with Crippen molar-refractivity contribution in [2.45, 2.75) is 25.9 Å². The summed E-state index contributed by atoms with van der Waals surface area (Å²) in [5.74, 6) is 1.63. The molecular weight excluding hydrogens is 458 g/mol. The number of hydrogen-bond acceptors (Lipinski definition) is 7. The maximum absolute atomic E-state index is 10.4. The highest BCUT2D eigenvalue weighted by Crippen LogP contribution is 2.25. The van der Waals surface area contributed by atoms with E-state index in [9.17, 15) is 5.11 Å². The van der Waals surface area contributed by atoms with Gasteiger partial charge in [0.25, 0.3) is 0 Å². The summed E-state index contributed by atoms with van der Waals surface area (Å²) >= 11 is 7.57. The van der Waals surface area contributed by atoms with Crippen LogP contribution in [0.1, 0.15) is 17.8 Å². The van der Waals surface area contributed by atoms with Gasteiger partial charge in [-0.1, -0.05) is 11.6 Å². The minimum Gasteiger partial charge on any atom is -0.494 e. The number of β-amino-alcohol motifs (C(OH)–C–C–N with tert-alkyl or cyclic N) is 1. The maximum atomic E-state index is 10.4. The Kier molecular flexibility index (Phi) is 8.81. The molecule has 1 aromatic heterocycles. The number of halogens is 1. The Labute approximate surface area is 204 Å². The van der Waals surface area contributed by atoms with Crippen molar-refractivity contribution in [2.75, 3.05) is 52.5 Å². The Balaban J connectivity index is 1.07. The van der Waals surface area contributed by atoms with E-state index in [1.165, 1.54) is 0 Å². The van der Waals surface area contributed by atoms with Crippen LogP contribution in [0.3, 0.4) is 0 Å². The number of nitrogens with zero attached hydrogens (tertiary/aromatic N) is 3. The zero-order valence-corrected chi connectivity index (χ0v) is 20.7. The van der Waals surface area contributed by atoms with E-state index in [0.29, 0.717) is 13.2 Å². The van der Waals surface area contributed by atoms with Crippen LogP contribution in [0.15, 0.2) is 42.5 Å². The van der Waals surface area contributed by atoms with Gasteiger partial charge >= 0.3 is 0 Å². The molecule has 33 heavy (non-hydrogen) atoms. The first-order valence-electron chi connectivity index (χ1n) is 11.6. The van der Waals surface area contributed by atoms with Gasteiger partial charge < -0.3 is 19.5 Å². The average molecular weight is 490 g/mol. The fraction of sp³-hybridized carbons (Fsp3) is 0.480. The number of aromatic nitrogens is 1. The Hall–Kier alpha value is -1.90. The molecule has 1 atom stereocenters. The van der Waals surface area contributed by atoms with Gasteiger partial charge in [-0.2, -0.15) is 0 Å². The molecular formula is C25H32ClN3O3S. The molecule has 4 rings (SSSR count). The number of unbranched alkanes of at least 4 members (excludes halogenated alkanes) is 1. The maximum Gasteiger partial charge on any atom is 0.121 e. The molecule has 6 nitrogen and oxygen atoms in total. The molecule has 0 bridgehead atoms. The van der Waals surface area contributed by atoms with Crippen molar-refractivity contribution < 1.29 is 14.6 Å². The minimum absolute atomic E-state index is 0.294. The van der Waals surface area contributed by atoms with Crippen molar-refractivity contribution in [2.24, 2.45) is 0 Å².